The van der Waals surface area contributed by atoms with Gasteiger partial charge in [0.15, 0.2) is 0 Å². The first-order valence-electron chi connectivity index (χ1n) is 14.6. The fourth-order valence-electron chi connectivity index (χ4n) is 5.13. The number of fused-ring (bicyclic) bond motifs is 1. The molecule has 0 aliphatic carbocycles. The molecule has 1 amide bonds. The van der Waals surface area contributed by atoms with Crippen LogP contribution in [0.3, 0.4) is 0 Å². The fraction of sp³-hybridized carbons (Fsp3) is 0.633. The number of nitrogens with zero attached hydrogens (tertiary/aromatic N) is 4. The molecular weight excluding hydrogens is 510 g/mol. The third-order valence-electron chi connectivity index (χ3n) is 7.19. The van der Waals surface area contributed by atoms with Gasteiger partial charge in [0.25, 0.3) is 11.5 Å². The maximum Gasteiger partial charge on any atom is 0.254 e. The molecule has 2 aromatic rings. The number of hydrazone groups is 1. The minimum absolute atomic E-state index is 0.00995. The number of anilines is 1. The summed E-state index contributed by atoms with van der Waals surface area (Å²) in [6, 6.07) is 3.89. The van der Waals surface area contributed by atoms with Crippen LogP contribution in [-0.2, 0) is 14.5 Å². The Balaban J connectivity index is 0.00000134. The smallest absolute Gasteiger partial charge is 0.254 e. The number of carbonyl (C=O) groups excluding carboxylic acids is 1. The Morgan fingerprint density at radius 3 is 2.38 bits per heavy atom. The Bertz CT molecular complexity index is 1140. The molecule has 2 aliphatic rings. The number of pyridine rings is 1. The Kier molecular flexibility index (Phi) is 14.3. The molecule has 0 unspecified atom stereocenters. The van der Waals surface area contributed by atoms with Crippen LogP contribution in [-0.4, -0.2) is 93.1 Å². The Morgan fingerprint density at radius 1 is 1.12 bits per heavy atom. The maximum atomic E-state index is 13.6. The predicted molar refractivity (Wildman–Crippen MR) is 163 cm³/mol. The van der Waals surface area contributed by atoms with Crippen LogP contribution in [0.15, 0.2) is 22.0 Å². The van der Waals surface area contributed by atoms with Crippen molar-refractivity contribution < 1.29 is 19.3 Å². The lowest BCUT2D eigenvalue weighted by Gasteiger charge is -2.35. The molecule has 1 aromatic carbocycles. The van der Waals surface area contributed by atoms with Crippen LogP contribution >= 0.6 is 0 Å². The van der Waals surface area contributed by atoms with Crippen molar-refractivity contribution in [1.29, 1.82) is 0 Å². The van der Waals surface area contributed by atoms with Gasteiger partial charge in [0, 0.05) is 69.2 Å². The lowest BCUT2D eigenvalue weighted by molar-refractivity contribution is -0.273. The van der Waals surface area contributed by atoms with Gasteiger partial charge in [-0.2, -0.15) is 5.10 Å². The molecule has 0 bridgehead atoms. The van der Waals surface area contributed by atoms with E-state index in [2.05, 4.69) is 26.6 Å². The molecule has 224 valence electrons. The molecule has 2 aliphatic heterocycles. The lowest BCUT2D eigenvalue weighted by atomic mass is 9.99. The van der Waals surface area contributed by atoms with Gasteiger partial charge in [-0.3, -0.25) is 19.5 Å². The van der Waals surface area contributed by atoms with E-state index in [9.17, 15) is 9.59 Å². The van der Waals surface area contributed by atoms with Crippen molar-refractivity contribution in [3.05, 3.63) is 39.2 Å². The number of amides is 1. The number of piperazine rings is 1. The van der Waals surface area contributed by atoms with Crippen molar-refractivity contribution in [2.24, 2.45) is 5.10 Å². The molecule has 2 saturated heterocycles. The number of nitrogens with one attached hydrogen (secondary N) is 1. The van der Waals surface area contributed by atoms with Crippen LogP contribution in [0.4, 0.5) is 5.69 Å². The Hall–Kier alpha value is -2.79. The number of aromatic nitrogens is 1. The van der Waals surface area contributed by atoms with Gasteiger partial charge < -0.3 is 14.6 Å². The van der Waals surface area contributed by atoms with Crippen molar-refractivity contribution in [2.45, 2.75) is 66.8 Å². The van der Waals surface area contributed by atoms with E-state index in [0.717, 1.165) is 49.8 Å². The second-order valence-electron chi connectivity index (χ2n) is 9.45. The van der Waals surface area contributed by atoms with Crippen LogP contribution in [0.2, 0.25) is 0 Å². The number of ether oxygens (including phenoxy) is 1. The number of carbonyl (C=O) groups is 1. The van der Waals surface area contributed by atoms with E-state index < -0.39 is 0 Å². The highest BCUT2D eigenvalue weighted by molar-refractivity contribution is 6.03. The number of aryl methyl sites for hydroxylation is 1. The highest BCUT2D eigenvalue weighted by Gasteiger charge is 2.28. The molecule has 40 heavy (non-hydrogen) atoms. The minimum atomic E-state index is -0.163. The third-order valence-corrected chi connectivity index (χ3v) is 7.19. The highest BCUT2D eigenvalue weighted by atomic mass is 17.2. The van der Waals surface area contributed by atoms with Crippen LogP contribution < -0.4 is 10.6 Å². The first kappa shape index (κ1) is 33.4. The van der Waals surface area contributed by atoms with Crippen molar-refractivity contribution in [3.63, 3.8) is 0 Å². The quantitative estimate of drug-likeness (QED) is 0.209. The summed E-state index contributed by atoms with van der Waals surface area (Å²) < 4.78 is 5.52. The zero-order chi connectivity index (χ0) is 29.7. The van der Waals surface area contributed by atoms with E-state index in [-0.39, 0.29) is 17.5 Å². The van der Waals surface area contributed by atoms with Crippen LogP contribution in [0.25, 0.3) is 10.9 Å². The number of hydrogen-bond donors (Lipinski definition) is 1. The van der Waals surface area contributed by atoms with Crippen molar-refractivity contribution >= 4 is 29.2 Å². The van der Waals surface area contributed by atoms with E-state index in [0.29, 0.717) is 55.2 Å². The summed E-state index contributed by atoms with van der Waals surface area (Å²) in [4.78, 5) is 43.2. The average molecular weight is 560 g/mol. The Morgan fingerprint density at radius 2 is 1.77 bits per heavy atom. The SMILES string of the molecule is C=NN(c1c(C)c(=O)[nH]c2cc(C)c(C(=O)N3CCN(CCCOOC)CC3)cc12)C1CCOCC1.CC.CC. The molecule has 3 heterocycles. The van der Waals surface area contributed by atoms with E-state index in [1.807, 2.05) is 56.7 Å². The lowest BCUT2D eigenvalue weighted by Crippen LogP contribution is -2.49. The summed E-state index contributed by atoms with van der Waals surface area (Å²) >= 11 is 0. The predicted octanol–water partition coefficient (Wildman–Crippen LogP) is 4.52. The monoisotopic (exact) mass is 559 g/mol. The van der Waals surface area contributed by atoms with Gasteiger partial charge in [-0.1, -0.05) is 27.7 Å². The van der Waals surface area contributed by atoms with E-state index in [1.54, 1.807) is 6.92 Å². The van der Waals surface area contributed by atoms with Gasteiger partial charge in [-0.05, 0) is 50.8 Å². The van der Waals surface area contributed by atoms with Crippen LogP contribution in [0, 0.1) is 13.8 Å². The third kappa shape index (κ3) is 8.13. The molecule has 10 nitrogen and oxygen atoms in total. The molecule has 0 radical (unpaired) electrons. The van der Waals surface area contributed by atoms with Gasteiger partial charge in [0.05, 0.1) is 31.0 Å². The molecule has 0 atom stereocenters. The molecule has 10 heteroatoms. The van der Waals surface area contributed by atoms with Crippen LogP contribution in [0.5, 0.6) is 0 Å². The van der Waals surface area contributed by atoms with Gasteiger partial charge in [-0.15, -0.1) is 0 Å². The molecule has 4 rings (SSSR count). The van der Waals surface area contributed by atoms with E-state index in [4.69, 9.17) is 9.62 Å². The molecule has 0 spiro atoms. The van der Waals surface area contributed by atoms with Gasteiger partial charge >= 0.3 is 0 Å². The zero-order valence-electron chi connectivity index (χ0n) is 25.5. The summed E-state index contributed by atoms with van der Waals surface area (Å²) in [6.45, 7) is 21.2. The second kappa shape index (κ2) is 17.1. The summed E-state index contributed by atoms with van der Waals surface area (Å²) in [6.07, 6.45) is 2.48. The minimum Gasteiger partial charge on any atom is -0.381 e. The topological polar surface area (TPSA) is 99.7 Å². The molecule has 1 N–H and O–H groups in total. The second-order valence-corrected chi connectivity index (χ2v) is 9.45. The zero-order valence-corrected chi connectivity index (χ0v) is 25.5. The normalized spacial score (nSPS) is 16.0. The molecule has 0 saturated carbocycles. The van der Waals surface area contributed by atoms with E-state index in [1.165, 1.54) is 7.11 Å². The van der Waals surface area contributed by atoms with Gasteiger partial charge in [0.2, 0.25) is 0 Å². The number of hydrogen-bond acceptors (Lipinski definition) is 8. The molecule has 1 aromatic heterocycles. The van der Waals surface area contributed by atoms with Crippen molar-refractivity contribution in [3.8, 4) is 0 Å². The number of benzene rings is 1. The van der Waals surface area contributed by atoms with E-state index >= 15 is 0 Å². The van der Waals surface area contributed by atoms with Crippen LogP contribution in [0.1, 0.15) is 68.4 Å². The first-order valence-corrected chi connectivity index (χ1v) is 14.6. The summed E-state index contributed by atoms with van der Waals surface area (Å²) in [5.74, 6) is 0.00995. The maximum absolute atomic E-state index is 13.6. The summed E-state index contributed by atoms with van der Waals surface area (Å²) in [7, 11) is 1.51. The number of H-pyrrole nitrogens is 1. The number of rotatable bonds is 9. The van der Waals surface area contributed by atoms with Crippen molar-refractivity contribution in [2.75, 3.05) is 64.7 Å². The standard InChI is InChI=1S/C26H37N5O5.2C2H6/c1-18-16-23-22(24(19(2)25(32)28-23)31(27-3)20-6-14-35-15-7-20)17-21(18)26(33)30-11-9-29(10-12-30)8-5-13-36-34-4;2*1-2/h16-17,20H,3,5-15H2,1-2,4H3,(H,28,32);2*1-2H3. The average Bonchev–Trinajstić information content (AvgIpc) is 3.00. The number of aromatic amines is 1. The highest BCUT2D eigenvalue weighted by Crippen LogP contribution is 2.33. The fourth-order valence-corrected chi connectivity index (χ4v) is 5.13. The largest absolute Gasteiger partial charge is 0.381 e. The molecule has 2 fully saturated rings. The summed E-state index contributed by atoms with van der Waals surface area (Å²) in [5.41, 5.74) is 3.29. The van der Waals surface area contributed by atoms with Gasteiger partial charge in [0.1, 0.15) is 0 Å². The summed E-state index contributed by atoms with van der Waals surface area (Å²) in [5, 5.41) is 6.98. The first-order chi connectivity index (χ1) is 19.4. The van der Waals surface area contributed by atoms with Crippen molar-refractivity contribution in [1.82, 2.24) is 14.8 Å². The van der Waals surface area contributed by atoms with Gasteiger partial charge in [-0.25, -0.2) is 9.78 Å². The Labute approximate surface area is 239 Å². The molecular formula is C30H49N5O5.